The Morgan fingerprint density at radius 3 is 2.94 bits per heavy atom. The summed E-state index contributed by atoms with van der Waals surface area (Å²) in [6, 6.07) is 3.85. The topological polar surface area (TPSA) is 68.0 Å². The highest BCUT2D eigenvalue weighted by Crippen LogP contribution is 2.24. The van der Waals surface area contributed by atoms with Crippen LogP contribution in [0.3, 0.4) is 0 Å². The van der Waals surface area contributed by atoms with E-state index in [0.717, 1.165) is 31.2 Å². The van der Waals surface area contributed by atoms with Gasteiger partial charge in [0.2, 0.25) is 5.91 Å². The van der Waals surface area contributed by atoms with E-state index in [1.165, 1.54) is 0 Å². The first-order valence-electron chi connectivity index (χ1n) is 6.64. The van der Waals surface area contributed by atoms with Crippen LogP contribution in [-0.4, -0.2) is 16.9 Å². The van der Waals surface area contributed by atoms with Crippen molar-refractivity contribution < 1.29 is 4.79 Å². The Labute approximate surface area is 108 Å². The molecule has 1 aromatic heterocycles. The van der Waals surface area contributed by atoms with E-state index in [9.17, 15) is 4.79 Å². The number of hydrogen-bond acceptors (Lipinski definition) is 3. The van der Waals surface area contributed by atoms with Crippen molar-refractivity contribution in [2.45, 2.75) is 44.7 Å². The van der Waals surface area contributed by atoms with Gasteiger partial charge >= 0.3 is 0 Å². The van der Waals surface area contributed by atoms with Gasteiger partial charge < -0.3 is 11.1 Å². The number of nitrogens with one attached hydrogen (secondary N) is 1. The number of rotatable bonds is 3. The summed E-state index contributed by atoms with van der Waals surface area (Å²) in [4.78, 5) is 16.2. The summed E-state index contributed by atoms with van der Waals surface area (Å²) in [7, 11) is 0. The molecule has 1 amide bonds. The van der Waals surface area contributed by atoms with Crippen LogP contribution in [-0.2, 0) is 4.79 Å². The van der Waals surface area contributed by atoms with Gasteiger partial charge in [-0.3, -0.25) is 9.78 Å². The zero-order valence-electron chi connectivity index (χ0n) is 10.8. The minimum Gasteiger partial charge on any atom is -0.349 e. The van der Waals surface area contributed by atoms with Crippen molar-refractivity contribution in [3.8, 4) is 0 Å². The van der Waals surface area contributed by atoms with Gasteiger partial charge in [-0.05, 0) is 31.4 Å². The van der Waals surface area contributed by atoms with Crippen LogP contribution in [0.25, 0.3) is 0 Å². The third-order valence-corrected chi connectivity index (χ3v) is 3.70. The normalized spacial score (nSPS) is 25.4. The predicted octanol–water partition coefficient (Wildman–Crippen LogP) is 1.78. The molecule has 0 aromatic carbocycles. The number of nitrogens with zero attached hydrogens (tertiary/aromatic N) is 1. The molecule has 0 aliphatic heterocycles. The van der Waals surface area contributed by atoms with Crippen LogP contribution < -0.4 is 11.1 Å². The van der Waals surface area contributed by atoms with Crippen molar-refractivity contribution in [1.82, 2.24) is 10.3 Å². The lowest BCUT2D eigenvalue weighted by Gasteiger charge is -2.28. The van der Waals surface area contributed by atoms with Crippen molar-refractivity contribution in [1.29, 1.82) is 0 Å². The second-order valence-electron chi connectivity index (χ2n) is 5.07. The van der Waals surface area contributed by atoms with Gasteiger partial charge in [-0.1, -0.05) is 18.9 Å². The largest absolute Gasteiger partial charge is 0.349 e. The third kappa shape index (κ3) is 3.07. The summed E-state index contributed by atoms with van der Waals surface area (Å²) in [6.45, 7) is 1.98. The number of nitrogens with two attached hydrogens (primary N) is 1. The van der Waals surface area contributed by atoms with Crippen LogP contribution in [0, 0.1) is 5.92 Å². The van der Waals surface area contributed by atoms with Crippen LogP contribution in [0.1, 0.15) is 44.2 Å². The molecule has 2 rings (SSSR count). The Morgan fingerprint density at radius 2 is 2.28 bits per heavy atom. The van der Waals surface area contributed by atoms with Gasteiger partial charge in [-0.15, -0.1) is 0 Å². The van der Waals surface area contributed by atoms with Gasteiger partial charge in [-0.2, -0.15) is 0 Å². The first-order valence-corrected chi connectivity index (χ1v) is 6.64. The van der Waals surface area contributed by atoms with E-state index in [1.54, 1.807) is 12.4 Å². The molecule has 1 fully saturated rings. The summed E-state index contributed by atoms with van der Waals surface area (Å²) in [5, 5.41) is 3.04. The van der Waals surface area contributed by atoms with Crippen molar-refractivity contribution in [3.05, 3.63) is 30.1 Å². The van der Waals surface area contributed by atoms with Crippen molar-refractivity contribution >= 4 is 5.91 Å². The average Bonchev–Trinajstić information content (AvgIpc) is 2.40. The highest BCUT2D eigenvalue weighted by atomic mass is 16.2. The number of aromatic nitrogens is 1. The molecule has 1 saturated carbocycles. The molecule has 0 spiro atoms. The molecule has 1 heterocycles. The third-order valence-electron chi connectivity index (χ3n) is 3.70. The SMILES string of the molecule is C[C@@H](NC(=O)C1CCCCC1N)c1cccnc1. The van der Waals surface area contributed by atoms with E-state index < -0.39 is 0 Å². The van der Waals surface area contributed by atoms with Crippen LogP contribution in [0.5, 0.6) is 0 Å². The van der Waals surface area contributed by atoms with Crippen LogP contribution >= 0.6 is 0 Å². The van der Waals surface area contributed by atoms with Crippen LogP contribution in [0.15, 0.2) is 24.5 Å². The molecular weight excluding hydrogens is 226 g/mol. The van der Waals surface area contributed by atoms with Gasteiger partial charge in [0.05, 0.1) is 12.0 Å². The molecule has 3 N–H and O–H groups in total. The maximum absolute atomic E-state index is 12.2. The number of carbonyl (C=O) groups is 1. The molecule has 4 heteroatoms. The van der Waals surface area contributed by atoms with E-state index in [-0.39, 0.29) is 23.9 Å². The van der Waals surface area contributed by atoms with Gasteiger partial charge in [0.25, 0.3) is 0 Å². The molecule has 1 aliphatic carbocycles. The van der Waals surface area contributed by atoms with Crippen LogP contribution in [0.4, 0.5) is 0 Å². The Hall–Kier alpha value is -1.42. The zero-order chi connectivity index (χ0) is 13.0. The Kier molecular flexibility index (Phi) is 4.31. The number of carbonyl (C=O) groups excluding carboxylic acids is 1. The van der Waals surface area contributed by atoms with E-state index in [2.05, 4.69) is 10.3 Å². The highest BCUT2D eigenvalue weighted by molar-refractivity contribution is 5.79. The molecule has 0 bridgehead atoms. The molecule has 98 valence electrons. The monoisotopic (exact) mass is 247 g/mol. The number of hydrogen-bond donors (Lipinski definition) is 2. The smallest absolute Gasteiger partial charge is 0.225 e. The Bertz CT molecular complexity index is 393. The first kappa shape index (κ1) is 13.0. The van der Waals surface area contributed by atoms with E-state index in [0.29, 0.717) is 0 Å². The quantitative estimate of drug-likeness (QED) is 0.855. The van der Waals surface area contributed by atoms with E-state index >= 15 is 0 Å². The molecule has 2 unspecified atom stereocenters. The standard InChI is InChI=1S/C14H21N3O/c1-10(11-5-4-8-16-9-11)17-14(18)12-6-2-3-7-13(12)15/h4-5,8-10,12-13H,2-3,6-7,15H2,1H3,(H,17,18)/t10-,12?,13?/m1/s1. The molecule has 1 aromatic rings. The first-order chi connectivity index (χ1) is 8.68. The van der Waals surface area contributed by atoms with Crippen molar-refractivity contribution in [2.75, 3.05) is 0 Å². The molecule has 4 nitrogen and oxygen atoms in total. The maximum Gasteiger partial charge on any atom is 0.225 e. The molecule has 18 heavy (non-hydrogen) atoms. The fourth-order valence-electron chi connectivity index (χ4n) is 2.52. The van der Waals surface area contributed by atoms with E-state index in [1.807, 2.05) is 19.1 Å². The number of amides is 1. The molecule has 0 radical (unpaired) electrons. The Morgan fingerprint density at radius 1 is 1.50 bits per heavy atom. The molecule has 3 atom stereocenters. The Balaban J connectivity index is 1.94. The van der Waals surface area contributed by atoms with Crippen molar-refractivity contribution in [3.63, 3.8) is 0 Å². The minimum absolute atomic E-state index is 0.0136. The number of pyridine rings is 1. The fourth-order valence-corrected chi connectivity index (χ4v) is 2.52. The van der Waals surface area contributed by atoms with E-state index in [4.69, 9.17) is 5.73 Å². The van der Waals surface area contributed by atoms with Gasteiger partial charge in [0.15, 0.2) is 0 Å². The maximum atomic E-state index is 12.2. The van der Waals surface area contributed by atoms with Crippen molar-refractivity contribution in [2.24, 2.45) is 11.7 Å². The fraction of sp³-hybridized carbons (Fsp3) is 0.571. The lowest BCUT2D eigenvalue weighted by molar-refractivity contribution is -0.127. The summed E-state index contributed by atoms with van der Waals surface area (Å²) >= 11 is 0. The van der Waals surface area contributed by atoms with Gasteiger partial charge in [0.1, 0.15) is 0 Å². The lowest BCUT2D eigenvalue weighted by Crippen LogP contribution is -2.44. The second-order valence-corrected chi connectivity index (χ2v) is 5.07. The summed E-state index contributed by atoms with van der Waals surface area (Å²) < 4.78 is 0. The van der Waals surface area contributed by atoms with Gasteiger partial charge in [-0.25, -0.2) is 0 Å². The molecule has 1 aliphatic rings. The molecule has 0 saturated heterocycles. The second kappa shape index (κ2) is 5.96. The zero-order valence-corrected chi connectivity index (χ0v) is 10.8. The van der Waals surface area contributed by atoms with Crippen LogP contribution in [0.2, 0.25) is 0 Å². The molecular formula is C14H21N3O. The summed E-state index contributed by atoms with van der Waals surface area (Å²) in [5.41, 5.74) is 7.04. The van der Waals surface area contributed by atoms with Gasteiger partial charge in [0, 0.05) is 18.4 Å². The average molecular weight is 247 g/mol. The predicted molar refractivity (Wildman–Crippen MR) is 70.7 cm³/mol. The highest BCUT2D eigenvalue weighted by Gasteiger charge is 2.28. The summed E-state index contributed by atoms with van der Waals surface area (Å²) in [6.07, 6.45) is 7.63. The minimum atomic E-state index is -0.0297. The summed E-state index contributed by atoms with van der Waals surface area (Å²) in [5.74, 6) is 0.0522. The lowest BCUT2D eigenvalue weighted by atomic mass is 9.84.